The van der Waals surface area contributed by atoms with Crippen LogP contribution in [0.5, 0.6) is 0 Å². The normalized spacial score (nSPS) is 20.3. The Bertz CT molecular complexity index is 417. The molecule has 2 heterocycles. The average molecular weight is 340 g/mol. The highest BCUT2D eigenvalue weighted by Gasteiger charge is 2.38. The number of morpholine rings is 1. The van der Waals surface area contributed by atoms with E-state index in [1.165, 1.54) is 0 Å². The summed E-state index contributed by atoms with van der Waals surface area (Å²) in [6.45, 7) is 10.4. The smallest absolute Gasteiger partial charge is 0.236 e. The minimum absolute atomic E-state index is 0.163. The third-order valence-electron chi connectivity index (χ3n) is 5.58. The van der Waals surface area contributed by atoms with Crippen LogP contribution >= 0.6 is 0 Å². The van der Waals surface area contributed by atoms with Gasteiger partial charge >= 0.3 is 0 Å². The second kappa shape index (κ2) is 8.78. The molecule has 2 saturated heterocycles. The van der Waals surface area contributed by atoms with E-state index in [1.807, 2.05) is 23.6 Å². The van der Waals surface area contributed by atoms with Crippen LogP contribution in [0.15, 0.2) is 0 Å². The molecule has 2 aliphatic heterocycles. The lowest BCUT2D eigenvalue weighted by Crippen LogP contribution is -2.56. The fourth-order valence-electron chi connectivity index (χ4n) is 3.48. The molecule has 7 heteroatoms. The highest BCUT2D eigenvalue weighted by atomic mass is 16.5. The number of nitrogens with two attached hydrogens (primary N) is 1. The molecule has 0 aromatic heterocycles. The van der Waals surface area contributed by atoms with Gasteiger partial charge in [0.2, 0.25) is 11.8 Å². The van der Waals surface area contributed by atoms with Gasteiger partial charge in [-0.25, -0.2) is 0 Å². The van der Waals surface area contributed by atoms with Gasteiger partial charge in [0.1, 0.15) is 0 Å². The molecule has 0 bridgehead atoms. The number of piperazine rings is 1. The van der Waals surface area contributed by atoms with Crippen molar-refractivity contribution in [3.05, 3.63) is 0 Å². The Morgan fingerprint density at radius 3 is 2.04 bits per heavy atom. The molecule has 0 spiro atoms. The molecule has 2 amide bonds. The molecule has 138 valence electrons. The predicted molar refractivity (Wildman–Crippen MR) is 92.5 cm³/mol. The van der Waals surface area contributed by atoms with Gasteiger partial charge in [-0.05, 0) is 12.8 Å². The van der Waals surface area contributed by atoms with Crippen LogP contribution in [0.2, 0.25) is 0 Å². The van der Waals surface area contributed by atoms with Gasteiger partial charge in [-0.2, -0.15) is 0 Å². The van der Waals surface area contributed by atoms with Crippen LogP contribution in [0.25, 0.3) is 0 Å². The van der Waals surface area contributed by atoms with Gasteiger partial charge in [0, 0.05) is 45.8 Å². The number of hydrogen-bond acceptors (Lipinski definition) is 5. The fourth-order valence-corrected chi connectivity index (χ4v) is 3.48. The third kappa shape index (κ3) is 4.26. The van der Waals surface area contributed by atoms with Gasteiger partial charge in [-0.3, -0.25) is 14.5 Å². The van der Waals surface area contributed by atoms with E-state index in [-0.39, 0.29) is 11.8 Å². The molecule has 0 atom stereocenters. The van der Waals surface area contributed by atoms with Gasteiger partial charge in [-0.1, -0.05) is 13.8 Å². The van der Waals surface area contributed by atoms with Crippen molar-refractivity contribution in [1.29, 1.82) is 0 Å². The molecule has 2 N–H and O–H groups in total. The summed E-state index contributed by atoms with van der Waals surface area (Å²) in [6.07, 6.45) is 1.54. The van der Waals surface area contributed by atoms with Crippen molar-refractivity contribution in [2.45, 2.75) is 26.7 Å². The maximum Gasteiger partial charge on any atom is 0.236 e. The minimum Gasteiger partial charge on any atom is -0.378 e. The van der Waals surface area contributed by atoms with Crippen molar-refractivity contribution in [2.24, 2.45) is 11.1 Å². The van der Waals surface area contributed by atoms with Crippen molar-refractivity contribution >= 4 is 11.8 Å². The van der Waals surface area contributed by atoms with Gasteiger partial charge in [0.05, 0.1) is 25.2 Å². The number of amides is 2. The summed E-state index contributed by atoms with van der Waals surface area (Å²) in [6, 6.07) is 0. The summed E-state index contributed by atoms with van der Waals surface area (Å²) in [4.78, 5) is 31.1. The zero-order chi connectivity index (χ0) is 17.6. The molecular formula is C17H32N4O3. The molecule has 2 aliphatic rings. The van der Waals surface area contributed by atoms with Crippen LogP contribution in [0.4, 0.5) is 0 Å². The molecule has 0 aromatic rings. The molecule has 24 heavy (non-hydrogen) atoms. The zero-order valence-corrected chi connectivity index (χ0v) is 15.1. The maximum atomic E-state index is 12.8. The maximum absolute atomic E-state index is 12.8. The number of hydrogen-bond donors (Lipinski definition) is 1. The summed E-state index contributed by atoms with van der Waals surface area (Å²) in [5.41, 5.74) is 5.47. The largest absolute Gasteiger partial charge is 0.378 e. The van der Waals surface area contributed by atoms with Crippen LogP contribution in [-0.4, -0.2) is 92.1 Å². The number of nitrogens with zero attached hydrogens (tertiary/aromatic N) is 3. The van der Waals surface area contributed by atoms with Gasteiger partial charge in [-0.15, -0.1) is 0 Å². The standard InChI is InChI=1S/C17H32N4O3/c1-3-17(4-2,14-18)16(23)21-7-5-19(6-8-21)13-15(22)20-9-11-24-12-10-20/h3-14,18H2,1-2H3. The average Bonchev–Trinajstić information content (AvgIpc) is 2.65. The summed E-state index contributed by atoms with van der Waals surface area (Å²) in [5.74, 6) is 0.339. The Morgan fingerprint density at radius 2 is 1.54 bits per heavy atom. The zero-order valence-electron chi connectivity index (χ0n) is 15.1. The van der Waals surface area contributed by atoms with E-state index in [0.29, 0.717) is 52.5 Å². The summed E-state index contributed by atoms with van der Waals surface area (Å²) in [7, 11) is 0. The van der Waals surface area contributed by atoms with Crippen molar-refractivity contribution in [1.82, 2.24) is 14.7 Å². The molecule has 7 nitrogen and oxygen atoms in total. The quantitative estimate of drug-likeness (QED) is 0.722. The Morgan fingerprint density at radius 1 is 0.958 bits per heavy atom. The second-order valence-electron chi connectivity index (χ2n) is 6.75. The van der Waals surface area contributed by atoms with Crippen molar-refractivity contribution < 1.29 is 14.3 Å². The second-order valence-corrected chi connectivity index (χ2v) is 6.75. The van der Waals surface area contributed by atoms with Crippen LogP contribution in [0.3, 0.4) is 0 Å². The van der Waals surface area contributed by atoms with E-state index in [9.17, 15) is 9.59 Å². The van der Waals surface area contributed by atoms with Crippen LogP contribution in [0.1, 0.15) is 26.7 Å². The Kier molecular flexibility index (Phi) is 7.01. The van der Waals surface area contributed by atoms with E-state index in [0.717, 1.165) is 25.9 Å². The first-order valence-corrected chi connectivity index (χ1v) is 9.13. The highest BCUT2D eigenvalue weighted by molar-refractivity contribution is 5.83. The molecule has 2 fully saturated rings. The molecule has 0 unspecified atom stereocenters. The van der Waals surface area contributed by atoms with Crippen LogP contribution < -0.4 is 5.73 Å². The fraction of sp³-hybridized carbons (Fsp3) is 0.882. The van der Waals surface area contributed by atoms with Gasteiger partial charge < -0.3 is 20.3 Å². The minimum atomic E-state index is -0.425. The molecule has 2 rings (SSSR count). The van der Waals surface area contributed by atoms with Gasteiger partial charge in [0.15, 0.2) is 0 Å². The van der Waals surface area contributed by atoms with E-state index in [1.54, 1.807) is 0 Å². The first-order valence-electron chi connectivity index (χ1n) is 9.13. The molecule has 0 saturated carbocycles. The van der Waals surface area contributed by atoms with Crippen LogP contribution in [0, 0.1) is 5.41 Å². The Labute approximate surface area is 145 Å². The van der Waals surface area contributed by atoms with E-state index in [4.69, 9.17) is 10.5 Å². The third-order valence-corrected chi connectivity index (χ3v) is 5.58. The van der Waals surface area contributed by atoms with Crippen molar-refractivity contribution in [3.8, 4) is 0 Å². The lowest BCUT2D eigenvalue weighted by molar-refractivity contribution is -0.144. The number of ether oxygens (including phenoxy) is 1. The van der Waals surface area contributed by atoms with Crippen LogP contribution in [-0.2, 0) is 14.3 Å². The first-order chi connectivity index (χ1) is 11.6. The van der Waals surface area contributed by atoms with Gasteiger partial charge in [0.25, 0.3) is 0 Å². The summed E-state index contributed by atoms with van der Waals surface area (Å²) < 4.78 is 5.28. The SMILES string of the molecule is CCC(CC)(CN)C(=O)N1CCN(CC(=O)N2CCOCC2)CC1. The van der Waals surface area contributed by atoms with E-state index in [2.05, 4.69) is 4.90 Å². The lowest BCUT2D eigenvalue weighted by atomic mass is 9.81. The summed E-state index contributed by atoms with van der Waals surface area (Å²) in [5, 5.41) is 0. The monoisotopic (exact) mass is 340 g/mol. The Balaban J connectivity index is 1.82. The van der Waals surface area contributed by atoms with E-state index < -0.39 is 5.41 Å². The number of carbonyl (C=O) groups excluding carboxylic acids is 2. The lowest BCUT2D eigenvalue weighted by Gasteiger charge is -2.40. The molecular weight excluding hydrogens is 308 g/mol. The number of carbonyl (C=O) groups is 2. The van der Waals surface area contributed by atoms with Crippen molar-refractivity contribution in [2.75, 3.05) is 65.6 Å². The predicted octanol–water partition coefficient (Wildman–Crippen LogP) is -0.245. The molecule has 0 aromatic carbocycles. The van der Waals surface area contributed by atoms with E-state index >= 15 is 0 Å². The number of rotatable bonds is 6. The topological polar surface area (TPSA) is 79.1 Å². The molecule has 0 aliphatic carbocycles. The van der Waals surface area contributed by atoms with Crippen molar-refractivity contribution in [3.63, 3.8) is 0 Å². The first kappa shape index (κ1) is 19.1. The highest BCUT2D eigenvalue weighted by Crippen LogP contribution is 2.28. The molecule has 0 radical (unpaired) electrons. The Hall–Kier alpha value is -1.18. The summed E-state index contributed by atoms with van der Waals surface area (Å²) >= 11 is 0.